The van der Waals surface area contributed by atoms with Gasteiger partial charge in [-0.05, 0) is 31.5 Å². The Morgan fingerprint density at radius 3 is 2.93 bits per heavy atom. The van der Waals surface area contributed by atoms with Crippen molar-refractivity contribution >= 4 is 0 Å². The molecule has 1 fully saturated rings. The highest BCUT2D eigenvalue weighted by atomic mass is 16.5. The molecule has 0 spiro atoms. The third-order valence-corrected chi connectivity index (χ3v) is 3.18. The van der Waals surface area contributed by atoms with Crippen molar-refractivity contribution in [3.05, 3.63) is 35.4 Å². The number of benzene rings is 1. The lowest BCUT2D eigenvalue weighted by atomic mass is 9.92. The van der Waals surface area contributed by atoms with Gasteiger partial charge >= 0.3 is 0 Å². The van der Waals surface area contributed by atoms with E-state index in [2.05, 4.69) is 36.5 Å². The number of nitrogens with one attached hydrogen (secondary N) is 1. The van der Waals surface area contributed by atoms with Crippen LogP contribution in [-0.4, -0.2) is 20.2 Å². The fourth-order valence-electron chi connectivity index (χ4n) is 2.35. The Bertz CT molecular complexity index is 324. The van der Waals surface area contributed by atoms with E-state index >= 15 is 0 Å². The van der Waals surface area contributed by atoms with Crippen LogP contribution in [0.1, 0.15) is 23.7 Å². The third-order valence-electron chi connectivity index (χ3n) is 3.18. The van der Waals surface area contributed by atoms with Crippen LogP contribution in [0, 0.1) is 12.8 Å². The van der Waals surface area contributed by atoms with Crippen molar-refractivity contribution in [2.45, 2.75) is 19.4 Å². The Kier molecular flexibility index (Phi) is 3.39. The van der Waals surface area contributed by atoms with Crippen LogP contribution >= 0.6 is 0 Å². The Labute approximate surface area is 91.6 Å². The van der Waals surface area contributed by atoms with Crippen molar-refractivity contribution in [1.82, 2.24) is 5.32 Å². The lowest BCUT2D eigenvalue weighted by molar-refractivity contribution is 0.0905. The fraction of sp³-hybridized carbons (Fsp3) is 0.538. The van der Waals surface area contributed by atoms with E-state index in [1.807, 2.05) is 7.05 Å². The lowest BCUT2D eigenvalue weighted by Crippen LogP contribution is -2.21. The summed E-state index contributed by atoms with van der Waals surface area (Å²) in [4.78, 5) is 0. The van der Waals surface area contributed by atoms with E-state index in [-0.39, 0.29) is 0 Å². The molecule has 1 aromatic carbocycles. The van der Waals surface area contributed by atoms with Gasteiger partial charge in [-0.25, -0.2) is 0 Å². The molecule has 1 saturated heterocycles. The normalized spacial score (nSPS) is 25.7. The largest absolute Gasteiger partial charge is 0.373 e. The first-order chi connectivity index (χ1) is 7.33. The zero-order valence-electron chi connectivity index (χ0n) is 9.49. The van der Waals surface area contributed by atoms with Crippen molar-refractivity contribution < 1.29 is 4.74 Å². The highest BCUT2D eigenvalue weighted by Crippen LogP contribution is 2.35. The van der Waals surface area contributed by atoms with Crippen molar-refractivity contribution in [1.29, 1.82) is 0 Å². The standard InChI is InChI=1S/C13H19NO/c1-10-5-3-4-6-12(10)13-11(9-14-2)7-8-15-13/h3-6,11,13-14H,7-9H2,1-2H3. The minimum absolute atomic E-state index is 0.290. The number of aryl methyl sites for hydroxylation is 1. The molecule has 1 aromatic rings. The minimum atomic E-state index is 0.290. The maximum atomic E-state index is 5.85. The van der Waals surface area contributed by atoms with Crippen LogP contribution < -0.4 is 5.32 Å². The van der Waals surface area contributed by atoms with Crippen LogP contribution in [0.25, 0.3) is 0 Å². The van der Waals surface area contributed by atoms with Gasteiger partial charge in [0.25, 0.3) is 0 Å². The van der Waals surface area contributed by atoms with Crippen LogP contribution in [-0.2, 0) is 4.74 Å². The second kappa shape index (κ2) is 4.77. The van der Waals surface area contributed by atoms with Crippen molar-refractivity contribution in [2.24, 2.45) is 5.92 Å². The molecule has 1 aliphatic rings. The molecular weight excluding hydrogens is 186 g/mol. The van der Waals surface area contributed by atoms with Crippen LogP contribution in [0.2, 0.25) is 0 Å². The van der Waals surface area contributed by atoms with Gasteiger partial charge in [-0.1, -0.05) is 24.3 Å². The van der Waals surface area contributed by atoms with E-state index < -0.39 is 0 Å². The summed E-state index contributed by atoms with van der Waals surface area (Å²) in [5.74, 6) is 0.621. The number of rotatable bonds is 3. The van der Waals surface area contributed by atoms with Gasteiger partial charge in [-0.15, -0.1) is 0 Å². The Morgan fingerprint density at radius 1 is 1.40 bits per heavy atom. The lowest BCUT2D eigenvalue weighted by Gasteiger charge is -2.20. The van der Waals surface area contributed by atoms with Crippen molar-refractivity contribution in [3.8, 4) is 0 Å². The van der Waals surface area contributed by atoms with E-state index in [0.717, 1.165) is 13.2 Å². The summed E-state index contributed by atoms with van der Waals surface area (Å²) in [5, 5.41) is 3.25. The summed E-state index contributed by atoms with van der Waals surface area (Å²) in [7, 11) is 2.01. The molecule has 0 radical (unpaired) electrons. The summed E-state index contributed by atoms with van der Waals surface area (Å²) in [6.45, 7) is 4.10. The zero-order valence-corrected chi connectivity index (χ0v) is 9.49. The van der Waals surface area contributed by atoms with Gasteiger partial charge < -0.3 is 10.1 Å². The van der Waals surface area contributed by atoms with E-state index in [1.165, 1.54) is 17.5 Å². The van der Waals surface area contributed by atoms with Gasteiger partial charge in [0.05, 0.1) is 6.10 Å². The van der Waals surface area contributed by atoms with E-state index in [0.29, 0.717) is 12.0 Å². The Hall–Kier alpha value is -0.860. The molecule has 0 aliphatic carbocycles. The topological polar surface area (TPSA) is 21.3 Å². The maximum absolute atomic E-state index is 5.85. The first kappa shape index (κ1) is 10.7. The number of ether oxygens (including phenoxy) is 1. The molecule has 2 heteroatoms. The van der Waals surface area contributed by atoms with Gasteiger partial charge in [0.2, 0.25) is 0 Å². The summed E-state index contributed by atoms with van der Waals surface area (Å²) in [6, 6.07) is 8.53. The van der Waals surface area contributed by atoms with E-state index in [9.17, 15) is 0 Å². The molecule has 0 saturated carbocycles. The average molecular weight is 205 g/mol. The van der Waals surface area contributed by atoms with Gasteiger partial charge in [-0.3, -0.25) is 0 Å². The average Bonchev–Trinajstić information content (AvgIpc) is 2.67. The first-order valence-electron chi connectivity index (χ1n) is 5.64. The van der Waals surface area contributed by atoms with Crippen LogP contribution in [0.4, 0.5) is 0 Å². The zero-order chi connectivity index (χ0) is 10.7. The number of hydrogen-bond acceptors (Lipinski definition) is 2. The molecule has 2 nitrogen and oxygen atoms in total. The highest BCUT2D eigenvalue weighted by Gasteiger charge is 2.29. The molecule has 1 heterocycles. The predicted octanol–water partition coefficient (Wildman–Crippen LogP) is 2.29. The molecule has 0 amide bonds. The van der Waals surface area contributed by atoms with Gasteiger partial charge in [0.1, 0.15) is 0 Å². The predicted molar refractivity (Wildman–Crippen MR) is 61.9 cm³/mol. The van der Waals surface area contributed by atoms with Crippen molar-refractivity contribution in [2.75, 3.05) is 20.2 Å². The maximum Gasteiger partial charge on any atom is 0.0868 e. The monoisotopic (exact) mass is 205 g/mol. The van der Waals surface area contributed by atoms with Gasteiger partial charge in [0.15, 0.2) is 0 Å². The first-order valence-corrected chi connectivity index (χ1v) is 5.64. The molecule has 15 heavy (non-hydrogen) atoms. The molecule has 0 bridgehead atoms. The molecule has 0 aromatic heterocycles. The summed E-state index contributed by atoms with van der Waals surface area (Å²) in [5.41, 5.74) is 2.70. The second-order valence-corrected chi connectivity index (χ2v) is 4.25. The van der Waals surface area contributed by atoms with Crippen molar-refractivity contribution in [3.63, 3.8) is 0 Å². The minimum Gasteiger partial charge on any atom is -0.373 e. The van der Waals surface area contributed by atoms with E-state index in [4.69, 9.17) is 4.74 Å². The smallest absolute Gasteiger partial charge is 0.0868 e. The molecule has 2 rings (SSSR count). The molecule has 82 valence electrons. The Balaban J connectivity index is 2.19. The quantitative estimate of drug-likeness (QED) is 0.817. The molecule has 2 atom stereocenters. The molecule has 2 unspecified atom stereocenters. The summed E-state index contributed by atoms with van der Waals surface area (Å²) >= 11 is 0. The molecular formula is C13H19NO. The highest BCUT2D eigenvalue weighted by molar-refractivity contribution is 5.28. The molecule has 1 N–H and O–H groups in total. The summed E-state index contributed by atoms with van der Waals surface area (Å²) < 4.78 is 5.85. The Morgan fingerprint density at radius 2 is 2.20 bits per heavy atom. The summed E-state index contributed by atoms with van der Waals surface area (Å²) in [6.07, 6.45) is 1.46. The van der Waals surface area contributed by atoms with Gasteiger partial charge in [-0.2, -0.15) is 0 Å². The van der Waals surface area contributed by atoms with E-state index in [1.54, 1.807) is 0 Å². The third kappa shape index (κ3) is 2.21. The molecule has 1 aliphatic heterocycles. The van der Waals surface area contributed by atoms with Crippen LogP contribution in [0.5, 0.6) is 0 Å². The second-order valence-electron chi connectivity index (χ2n) is 4.25. The van der Waals surface area contributed by atoms with Crippen LogP contribution in [0.3, 0.4) is 0 Å². The SMILES string of the molecule is CNCC1CCOC1c1ccccc1C. The van der Waals surface area contributed by atoms with Gasteiger partial charge in [0, 0.05) is 19.1 Å². The number of hydrogen-bond donors (Lipinski definition) is 1. The van der Waals surface area contributed by atoms with Crippen LogP contribution in [0.15, 0.2) is 24.3 Å². The fourth-order valence-corrected chi connectivity index (χ4v) is 2.35.